The van der Waals surface area contributed by atoms with Crippen molar-refractivity contribution >= 4 is 23.1 Å². The lowest BCUT2D eigenvalue weighted by Gasteiger charge is -2.08. The number of allylic oxidation sites excluding steroid dienone is 1. The van der Waals surface area contributed by atoms with Gasteiger partial charge in [-0.2, -0.15) is 0 Å². The molecule has 0 spiro atoms. The van der Waals surface area contributed by atoms with E-state index in [9.17, 15) is 0 Å². The molecular weight excluding hydrogens is 266 g/mol. The Kier molecular flexibility index (Phi) is 5.37. The molecule has 2 aromatic carbocycles. The molecule has 3 aromatic rings. The molecule has 0 aliphatic heterocycles. The number of aromatic nitrogens is 1. The monoisotopic (exact) mass is 289 g/mol. The molecule has 1 nitrogen and oxygen atoms in total. The largest absolute Gasteiger partial charge is 0.309 e. The van der Waals surface area contributed by atoms with E-state index in [1.54, 1.807) is 0 Å². The third-order valence-electron chi connectivity index (χ3n) is 3.50. The van der Waals surface area contributed by atoms with Crippen LogP contribution in [0.1, 0.15) is 32.0 Å². The highest BCUT2D eigenvalue weighted by atomic mass is 15.0. The number of hydrogen-bond acceptors (Lipinski definition) is 0. The van der Waals surface area contributed by atoms with Gasteiger partial charge in [0.25, 0.3) is 0 Å². The molecule has 112 valence electrons. The first-order chi connectivity index (χ1) is 10.9. The molecule has 0 unspecified atom stereocenters. The Hall–Kier alpha value is -2.54. The molecule has 22 heavy (non-hydrogen) atoms. The minimum Gasteiger partial charge on any atom is -0.309 e. The molecule has 0 bridgehead atoms. The van der Waals surface area contributed by atoms with Gasteiger partial charge in [0.2, 0.25) is 0 Å². The van der Waals surface area contributed by atoms with Crippen LogP contribution in [0.15, 0.2) is 67.3 Å². The standard InChI is InChI=1S/C19H17N.C2H6/c1-3-10-18-16(4-2)17-13-8-9-14-19(17)20(18)15-11-6-5-7-12-15;1-2/h3-14H,2H2,1H3;1-2H3/b10-3-;. The molecule has 0 aliphatic carbocycles. The lowest BCUT2D eigenvalue weighted by molar-refractivity contribution is 1.10. The Morgan fingerprint density at radius 3 is 2.18 bits per heavy atom. The van der Waals surface area contributed by atoms with Gasteiger partial charge in [-0.05, 0) is 31.2 Å². The van der Waals surface area contributed by atoms with Gasteiger partial charge in [0.05, 0.1) is 11.2 Å². The Morgan fingerprint density at radius 2 is 1.55 bits per heavy atom. The summed E-state index contributed by atoms with van der Waals surface area (Å²) in [7, 11) is 0. The average Bonchev–Trinajstić information content (AvgIpc) is 2.91. The minimum absolute atomic E-state index is 1.17. The van der Waals surface area contributed by atoms with Crippen molar-refractivity contribution in [2.75, 3.05) is 0 Å². The van der Waals surface area contributed by atoms with Gasteiger partial charge in [-0.15, -0.1) is 0 Å². The summed E-state index contributed by atoms with van der Waals surface area (Å²) < 4.78 is 2.28. The van der Waals surface area contributed by atoms with Crippen molar-refractivity contribution in [2.45, 2.75) is 20.8 Å². The second kappa shape index (κ2) is 7.46. The first kappa shape index (κ1) is 15.8. The predicted molar refractivity (Wildman–Crippen MR) is 99.4 cm³/mol. The fourth-order valence-electron chi connectivity index (χ4n) is 2.68. The first-order valence-electron chi connectivity index (χ1n) is 7.81. The summed E-state index contributed by atoms with van der Waals surface area (Å²) in [5.41, 5.74) is 4.74. The number of rotatable bonds is 3. The van der Waals surface area contributed by atoms with Gasteiger partial charge < -0.3 is 4.57 Å². The van der Waals surface area contributed by atoms with E-state index in [0.717, 1.165) is 0 Å². The van der Waals surface area contributed by atoms with Crippen molar-refractivity contribution in [3.05, 3.63) is 78.5 Å². The first-order valence-corrected chi connectivity index (χ1v) is 7.81. The zero-order valence-corrected chi connectivity index (χ0v) is 13.6. The van der Waals surface area contributed by atoms with E-state index in [2.05, 4.69) is 71.8 Å². The van der Waals surface area contributed by atoms with Crippen LogP contribution >= 0.6 is 0 Å². The Bertz CT molecular complexity index is 776. The summed E-state index contributed by atoms with van der Waals surface area (Å²) in [4.78, 5) is 0. The van der Waals surface area contributed by atoms with E-state index in [0.29, 0.717) is 0 Å². The van der Waals surface area contributed by atoms with Crippen molar-refractivity contribution in [3.8, 4) is 5.69 Å². The summed E-state index contributed by atoms with van der Waals surface area (Å²) >= 11 is 0. The molecule has 0 fully saturated rings. The zero-order chi connectivity index (χ0) is 15.9. The molecule has 0 radical (unpaired) electrons. The Balaban J connectivity index is 0.000000847. The fourth-order valence-corrected chi connectivity index (χ4v) is 2.68. The van der Waals surface area contributed by atoms with E-state index in [4.69, 9.17) is 0 Å². The van der Waals surface area contributed by atoms with E-state index in [1.165, 1.54) is 27.8 Å². The maximum absolute atomic E-state index is 3.98. The van der Waals surface area contributed by atoms with E-state index in [-0.39, 0.29) is 0 Å². The molecule has 1 heteroatoms. The highest BCUT2D eigenvalue weighted by Crippen LogP contribution is 2.31. The van der Waals surface area contributed by atoms with Gasteiger partial charge in [-0.1, -0.05) is 69.0 Å². The van der Waals surface area contributed by atoms with E-state index < -0.39 is 0 Å². The molecule has 0 aliphatic rings. The molecule has 0 saturated heterocycles. The topological polar surface area (TPSA) is 4.93 Å². The van der Waals surface area contributed by atoms with E-state index >= 15 is 0 Å². The summed E-state index contributed by atoms with van der Waals surface area (Å²) in [6.07, 6.45) is 6.15. The third kappa shape index (κ3) is 2.75. The van der Waals surface area contributed by atoms with E-state index in [1.807, 2.05) is 32.9 Å². The van der Waals surface area contributed by atoms with Crippen molar-refractivity contribution in [1.82, 2.24) is 4.57 Å². The van der Waals surface area contributed by atoms with Crippen LogP contribution in [0, 0.1) is 0 Å². The van der Waals surface area contributed by atoms with Gasteiger partial charge >= 0.3 is 0 Å². The number of nitrogens with zero attached hydrogens (tertiary/aromatic N) is 1. The maximum Gasteiger partial charge on any atom is 0.0541 e. The van der Waals surface area contributed by atoms with Gasteiger partial charge in [-0.3, -0.25) is 0 Å². The highest BCUT2D eigenvalue weighted by Gasteiger charge is 2.13. The number of para-hydroxylation sites is 2. The van der Waals surface area contributed by atoms with Crippen LogP contribution in [0.5, 0.6) is 0 Å². The summed E-state index contributed by atoms with van der Waals surface area (Å²) in [5, 5.41) is 1.24. The maximum atomic E-state index is 3.98. The van der Waals surface area contributed by atoms with Gasteiger partial charge in [-0.25, -0.2) is 0 Å². The molecule has 0 atom stereocenters. The summed E-state index contributed by atoms with van der Waals surface area (Å²) in [6, 6.07) is 18.9. The number of fused-ring (bicyclic) bond motifs is 1. The lowest BCUT2D eigenvalue weighted by Crippen LogP contribution is -1.96. The fraction of sp³-hybridized carbons (Fsp3) is 0.143. The van der Waals surface area contributed by atoms with Crippen LogP contribution in [0.25, 0.3) is 28.7 Å². The van der Waals surface area contributed by atoms with Crippen LogP contribution in [-0.2, 0) is 0 Å². The molecule has 0 saturated carbocycles. The van der Waals surface area contributed by atoms with Crippen LogP contribution in [0.4, 0.5) is 0 Å². The Morgan fingerprint density at radius 1 is 0.909 bits per heavy atom. The second-order valence-electron chi connectivity index (χ2n) is 4.69. The van der Waals surface area contributed by atoms with Crippen LogP contribution in [-0.4, -0.2) is 4.57 Å². The second-order valence-corrected chi connectivity index (χ2v) is 4.69. The molecule has 1 heterocycles. The normalized spacial score (nSPS) is 10.5. The molecular formula is C21H23N. The zero-order valence-electron chi connectivity index (χ0n) is 13.6. The van der Waals surface area contributed by atoms with Crippen LogP contribution < -0.4 is 0 Å². The lowest BCUT2D eigenvalue weighted by atomic mass is 10.1. The van der Waals surface area contributed by atoms with Crippen molar-refractivity contribution in [2.24, 2.45) is 0 Å². The average molecular weight is 289 g/mol. The Labute approximate surface area is 133 Å². The number of hydrogen-bond donors (Lipinski definition) is 0. The highest BCUT2D eigenvalue weighted by molar-refractivity contribution is 5.95. The van der Waals surface area contributed by atoms with Crippen molar-refractivity contribution in [1.29, 1.82) is 0 Å². The number of benzene rings is 2. The quantitative estimate of drug-likeness (QED) is 0.530. The van der Waals surface area contributed by atoms with Gasteiger partial charge in [0.15, 0.2) is 0 Å². The molecule has 1 aromatic heterocycles. The summed E-state index contributed by atoms with van der Waals surface area (Å²) in [5.74, 6) is 0. The van der Waals surface area contributed by atoms with Gasteiger partial charge in [0.1, 0.15) is 0 Å². The SMILES string of the molecule is C=Cc1c(/C=C\C)n(-c2ccccc2)c2ccccc12.CC. The van der Waals surface area contributed by atoms with Crippen molar-refractivity contribution in [3.63, 3.8) is 0 Å². The predicted octanol–water partition coefficient (Wildman–Crippen LogP) is 6.33. The third-order valence-corrected chi connectivity index (χ3v) is 3.50. The van der Waals surface area contributed by atoms with Crippen molar-refractivity contribution < 1.29 is 0 Å². The minimum atomic E-state index is 1.17. The smallest absolute Gasteiger partial charge is 0.0541 e. The van der Waals surface area contributed by atoms with Crippen LogP contribution in [0.2, 0.25) is 0 Å². The summed E-state index contributed by atoms with van der Waals surface area (Å²) in [6.45, 7) is 10.0. The molecule has 3 rings (SSSR count). The van der Waals surface area contributed by atoms with Crippen LogP contribution in [0.3, 0.4) is 0 Å². The molecule has 0 amide bonds. The molecule has 0 N–H and O–H groups in total. The van der Waals surface area contributed by atoms with Gasteiger partial charge in [0, 0.05) is 16.6 Å².